The topological polar surface area (TPSA) is 117 Å². The fraction of sp³-hybridized carbons (Fsp3) is 0.611. The summed E-state index contributed by atoms with van der Waals surface area (Å²) in [6.07, 6.45) is 1.87. The number of carbonyl (C=O) groups excluding carboxylic acids is 4. The van der Waals surface area contributed by atoms with Crippen LogP contribution in [0.2, 0.25) is 0 Å². The van der Waals surface area contributed by atoms with Gasteiger partial charge in [0.25, 0.3) is 0 Å². The second kappa shape index (κ2) is 10.1. The lowest BCUT2D eigenvalue weighted by Crippen LogP contribution is -2.64. The van der Waals surface area contributed by atoms with Gasteiger partial charge >= 0.3 is 0 Å². The SMILES string of the molecule is CC1=C2SC3=C(CCC4=C5SC6=C(C)C(=O)C(C)(C)NC6(C)CC5=NC(C)(C)C4=O)C(=O)C(C)(C)N=C3CC2(C)NC(C)(C)C1=O. The van der Waals surface area contributed by atoms with E-state index in [0.29, 0.717) is 36.8 Å². The van der Waals surface area contributed by atoms with Crippen LogP contribution in [0, 0.1) is 0 Å². The van der Waals surface area contributed by atoms with Gasteiger partial charge in [-0.3, -0.25) is 39.8 Å². The van der Waals surface area contributed by atoms with Crippen molar-refractivity contribution in [1.82, 2.24) is 10.6 Å². The van der Waals surface area contributed by atoms with Crippen LogP contribution in [-0.4, -0.2) is 67.8 Å². The minimum Gasteiger partial charge on any atom is -0.295 e. The maximum atomic E-state index is 14.1. The molecule has 6 heterocycles. The van der Waals surface area contributed by atoms with Gasteiger partial charge in [0, 0.05) is 54.8 Å². The van der Waals surface area contributed by atoms with Crippen molar-refractivity contribution in [2.24, 2.45) is 9.98 Å². The smallest absolute Gasteiger partial charge is 0.186 e. The first-order valence-electron chi connectivity index (χ1n) is 16.1. The summed E-state index contributed by atoms with van der Waals surface area (Å²) in [6, 6.07) is 0. The minimum atomic E-state index is -0.939. The molecular weight excluding hydrogens is 617 g/mol. The highest BCUT2D eigenvalue weighted by molar-refractivity contribution is 8.08. The Morgan fingerprint density at radius 1 is 0.565 bits per heavy atom. The largest absolute Gasteiger partial charge is 0.295 e. The van der Waals surface area contributed by atoms with E-state index < -0.39 is 33.2 Å². The van der Waals surface area contributed by atoms with Crippen molar-refractivity contribution in [2.75, 3.05) is 0 Å². The van der Waals surface area contributed by atoms with E-state index in [0.717, 1.165) is 42.2 Å². The number of Topliss-reactive ketones (excluding diaryl/α,β-unsaturated/α-hetero) is 4. The van der Waals surface area contributed by atoms with Crippen molar-refractivity contribution < 1.29 is 19.2 Å². The summed E-state index contributed by atoms with van der Waals surface area (Å²) < 4.78 is 0. The fourth-order valence-corrected chi connectivity index (χ4v) is 11.1. The molecule has 0 bridgehead atoms. The van der Waals surface area contributed by atoms with E-state index in [2.05, 4.69) is 24.5 Å². The third-order valence-corrected chi connectivity index (χ3v) is 13.6. The van der Waals surface area contributed by atoms with Crippen molar-refractivity contribution in [2.45, 2.75) is 142 Å². The standard InChI is InChI=1S/C36H46N4O4S2/c1-17-25(41)33(7,8)39-35(11)15-21-23(45-29(17)35)19(27(43)31(3,4)37-21)13-14-20-24-22(38-32(5,6)28(20)44)16-36(12)30(46-24)18(2)26(42)34(9,10)40-36/h39-40H,13-16H2,1-12H3. The van der Waals surface area contributed by atoms with Crippen LogP contribution in [0.4, 0.5) is 0 Å². The summed E-state index contributed by atoms with van der Waals surface area (Å²) in [6.45, 7) is 23.1. The first-order chi connectivity index (χ1) is 20.9. The minimum absolute atomic E-state index is 0.0511. The number of ketones is 4. The summed E-state index contributed by atoms with van der Waals surface area (Å²) in [5, 5.41) is 7.17. The highest BCUT2D eigenvalue weighted by atomic mass is 32.2. The highest BCUT2D eigenvalue weighted by Gasteiger charge is 2.53. The van der Waals surface area contributed by atoms with Crippen LogP contribution in [0.3, 0.4) is 0 Å². The molecule has 46 heavy (non-hydrogen) atoms. The van der Waals surface area contributed by atoms with E-state index in [9.17, 15) is 19.2 Å². The number of aliphatic imine (C=N–C) groups is 2. The van der Waals surface area contributed by atoms with Gasteiger partial charge in [0.05, 0.1) is 33.6 Å². The molecule has 10 heteroatoms. The first-order valence-corrected chi connectivity index (χ1v) is 17.8. The van der Waals surface area contributed by atoms with Gasteiger partial charge in [0.15, 0.2) is 23.1 Å². The van der Waals surface area contributed by atoms with E-state index in [1.165, 1.54) is 23.5 Å². The lowest BCUT2D eigenvalue weighted by Gasteiger charge is -2.49. The molecule has 246 valence electrons. The predicted molar refractivity (Wildman–Crippen MR) is 187 cm³/mol. The number of dihydropyridines is 2. The number of fused-ring (bicyclic) bond motifs is 4. The van der Waals surface area contributed by atoms with Crippen LogP contribution < -0.4 is 10.6 Å². The average molecular weight is 663 g/mol. The van der Waals surface area contributed by atoms with Crippen LogP contribution in [0.1, 0.15) is 109 Å². The Morgan fingerprint density at radius 3 is 1.22 bits per heavy atom. The molecule has 6 aliphatic heterocycles. The molecule has 0 radical (unpaired) electrons. The maximum Gasteiger partial charge on any atom is 0.186 e. The molecule has 6 rings (SSSR count). The van der Waals surface area contributed by atoms with Crippen molar-refractivity contribution in [3.05, 3.63) is 41.9 Å². The lowest BCUT2D eigenvalue weighted by atomic mass is 9.76. The molecule has 2 atom stereocenters. The molecule has 8 nitrogen and oxygen atoms in total. The van der Waals surface area contributed by atoms with E-state index in [4.69, 9.17) is 9.98 Å². The van der Waals surface area contributed by atoms with Crippen LogP contribution in [-0.2, 0) is 19.2 Å². The number of hydrogen-bond acceptors (Lipinski definition) is 10. The van der Waals surface area contributed by atoms with Gasteiger partial charge in [-0.25, -0.2) is 0 Å². The predicted octanol–water partition coefficient (Wildman–Crippen LogP) is 6.12. The monoisotopic (exact) mass is 662 g/mol. The lowest BCUT2D eigenvalue weighted by molar-refractivity contribution is -0.122. The molecule has 0 aromatic heterocycles. The molecule has 0 saturated carbocycles. The van der Waals surface area contributed by atoms with E-state index in [1.807, 2.05) is 69.2 Å². The molecular formula is C36H46N4O4S2. The van der Waals surface area contributed by atoms with E-state index in [1.54, 1.807) is 0 Å². The summed E-state index contributed by atoms with van der Waals surface area (Å²) in [4.78, 5) is 68.1. The Kier molecular flexibility index (Phi) is 7.33. The molecule has 0 spiro atoms. The molecule has 2 N–H and O–H groups in total. The zero-order valence-corrected chi connectivity index (χ0v) is 30.8. The number of nitrogens with zero attached hydrogens (tertiary/aromatic N) is 2. The summed E-state index contributed by atoms with van der Waals surface area (Å²) in [5.41, 5.74) is 0.270. The van der Waals surface area contributed by atoms with E-state index >= 15 is 0 Å². The molecule has 6 aliphatic rings. The zero-order chi connectivity index (χ0) is 34.2. The van der Waals surface area contributed by atoms with Crippen LogP contribution in [0.5, 0.6) is 0 Å². The molecule has 0 amide bonds. The Labute approximate surface area is 281 Å². The maximum absolute atomic E-state index is 14.1. The van der Waals surface area contributed by atoms with E-state index in [-0.39, 0.29) is 23.1 Å². The van der Waals surface area contributed by atoms with Gasteiger partial charge < -0.3 is 0 Å². The van der Waals surface area contributed by atoms with Gasteiger partial charge in [-0.1, -0.05) is 23.5 Å². The Bertz CT molecular complexity index is 1640. The van der Waals surface area contributed by atoms with Gasteiger partial charge in [-0.05, 0) is 95.9 Å². The summed E-state index contributed by atoms with van der Waals surface area (Å²) >= 11 is 2.98. The Balaban J connectivity index is 1.43. The Morgan fingerprint density at radius 2 is 0.891 bits per heavy atom. The van der Waals surface area contributed by atoms with Crippen LogP contribution >= 0.6 is 23.5 Å². The van der Waals surface area contributed by atoms with Crippen molar-refractivity contribution >= 4 is 58.1 Å². The average Bonchev–Trinajstić information content (AvgIpc) is 2.90. The number of nitrogens with one attached hydrogen (secondary N) is 2. The second-order valence-corrected chi connectivity index (χ2v) is 18.3. The number of hydrogen-bond donors (Lipinski definition) is 2. The molecule has 2 unspecified atom stereocenters. The van der Waals surface area contributed by atoms with Crippen molar-refractivity contribution in [3.63, 3.8) is 0 Å². The van der Waals surface area contributed by atoms with Gasteiger partial charge in [-0.2, -0.15) is 0 Å². The number of allylic oxidation sites excluding steroid dienone is 2. The van der Waals surface area contributed by atoms with Gasteiger partial charge in [0.2, 0.25) is 0 Å². The number of carbonyl (C=O) groups is 4. The van der Waals surface area contributed by atoms with Crippen molar-refractivity contribution in [1.29, 1.82) is 0 Å². The quantitative estimate of drug-likeness (QED) is 0.371. The molecule has 2 saturated heterocycles. The highest BCUT2D eigenvalue weighted by Crippen LogP contribution is 2.54. The summed E-state index contributed by atoms with van der Waals surface area (Å²) in [7, 11) is 0. The molecule has 2 fully saturated rings. The van der Waals surface area contributed by atoms with Gasteiger partial charge in [0.1, 0.15) is 11.1 Å². The Hall–Kier alpha value is -2.40. The van der Waals surface area contributed by atoms with Crippen molar-refractivity contribution in [3.8, 4) is 0 Å². The normalized spacial score (nSPS) is 33.0. The number of rotatable bonds is 3. The first kappa shape index (κ1) is 33.5. The third kappa shape index (κ3) is 4.88. The summed E-state index contributed by atoms with van der Waals surface area (Å²) in [5.74, 6) is 0.00195. The van der Waals surface area contributed by atoms with Crippen LogP contribution in [0.15, 0.2) is 51.9 Å². The molecule has 0 aromatic carbocycles. The molecule has 0 aliphatic carbocycles. The van der Waals surface area contributed by atoms with Gasteiger partial charge in [-0.15, -0.1) is 0 Å². The third-order valence-electron chi connectivity index (χ3n) is 10.3. The fourth-order valence-electron chi connectivity index (χ4n) is 8.43. The van der Waals surface area contributed by atoms with Crippen LogP contribution in [0.25, 0.3) is 0 Å². The second-order valence-electron chi connectivity index (χ2n) is 16.3. The zero-order valence-electron chi connectivity index (χ0n) is 29.2. The number of thioether (sulfide) groups is 2. The molecule has 0 aromatic rings.